The molecule has 24 heavy (non-hydrogen) atoms. The van der Waals surface area contributed by atoms with Gasteiger partial charge in [-0.1, -0.05) is 11.6 Å². The number of carbonyl (C=O) groups excluding carboxylic acids is 1. The van der Waals surface area contributed by atoms with Gasteiger partial charge in [-0.2, -0.15) is 5.10 Å². The van der Waals surface area contributed by atoms with Crippen molar-refractivity contribution in [1.82, 2.24) is 15.5 Å². The fourth-order valence-electron chi connectivity index (χ4n) is 2.58. The van der Waals surface area contributed by atoms with Gasteiger partial charge in [-0.25, -0.2) is 0 Å². The molecule has 0 unspecified atom stereocenters. The molecule has 2 aromatic rings. The zero-order valence-corrected chi connectivity index (χ0v) is 14.0. The molecular formula is C17H20ClN3O3. The number of amides is 1. The van der Waals surface area contributed by atoms with E-state index in [0.29, 0.717) is 36.3 Å². The molecule has 7 heteroatoms. The second-order valence-corrected chi connectivity index (χ2v) is 6.30. The molecule has 1 amide bonds. The van der Waals surface area contributed by atoms with Crippen molar-refractivity contribution in [3.8, 4) is 5.75 Å². The molecule has 128 valence electrons. The first-order valence-electron chi connectivity index (χ1n) is 7.97. The van der Waals surface area contributed by atoms with Crippen molar-refractivity contribution >= 4 is 17.5 Å². The van der Waals surface area contributed by atoms with E-state index in [0.717, 1.165) is 18.6 Å². The third-order valence-corrected chi connectivity index (χ3v) is 4.27. The van der Waals surface area contributed by atoms with Crippen LogP contribution in [-0.2, 0) is 4.74 Å². The highest BCUT2D eigenvalue weighted by molar-refractivity contribution is 6.30. The van der Waals surface area contributed by atoms with Gasteiger partial charge in [-0.05, 0) is 37.1 Å². The summed E-state index contributed by atoms with van der Waals surface area (Å²) in [5, 5.41) is 9.94. The maximum Gasteiger partial charge on any atom is 0.254 e. The minimum absolute atomic E-state index is 0.0487. The van der Waals surface area contributed by atoms with Crippen LogP contribution in [0.5, 0.6) is 5.75 Å². The number of benzene rings is 1. The smallest absolute Gasteiger partial charge is 0.254 e. The Bertz CT molecular complexity index is 638. The Morgan fingerprint density at radius 3 is 2.88 bits per heavy atom. The predicted octanol–water partition coefficient (Wildman–Crippen LogP) is 2.67. The van der Waals surface area contributed by atoms with Crippen molar-refractivity contribution < 1.29 is 14.3 Å². The van der Waals surface area contributed by atoms with Gasteiger partial charge in [0.1, 0.15) is 5.75 Å². The minimum Gasteiger partial charge on any atom is -0.493 e. The molecule has 1 aliphatic heterocycles. The first-order chi connectivity index (χ1) is 11.7. The van der Waals surface area contributed by atoms with Crippen LogP contribution in [0.4, 0.5) is 0 Å². The van der Waals surface area contributed by atoms with E-state index in [9.17, 15) is 4.79 Å². The number of carbonyl (C=O) groups is 1. The molecule has 2 heterocycles. The number of hydrogen-bond donors (Lipinski definition) is 2. The summed E-state index contributed by atoms with van der Waals surface area (Å²) >= 11 is 5.85. The summed E-state index contributed by atoms with van der Waals surface area (Å²) in [6, 6.07) is 7.35. The van der Waals surface area contributed by atoms with Crippen molar-refractivity contribution in [2.24, 2.45) is 5.92 Å². The molecule has 6 nitrogen and oxygen atoms in total. The summed E-state index contributed by atoms with van der Waals surface area (Å²) in [5.41, 5.74) is 0.528. The Labute approximate surface area is 145 Å². The van der Waals surface area contributed by atoms with E-state index < -0.39 is 0 Å². The van der Waals surface area contributed by atoms with E-state index in [1.165, 1.54) is 6.20 Å². The molecule has 1 fully saturated rings. The van der Waals surface area contributed by atoms with Crippen LogP contribution in [0.1, 0.15) is 23.2 Å². The molecule has 1 saturated heterocycles. The molecule has 3 rings (SSSR count). The molecule has 1 aliphatic rings. The number of ether oxygens (including phenoxy) is 2. The first-order valence-corrected chi connectivity index (χ1v) is 8.35. The highest BCUT2D eigenvalue weighted by Crippen LogP contribution is 2.21. The third-order valence-electron chi connectivity index (χ3n) is 4.01. The van der Waals surface area contributed by atoms with Crippen LogP contribution in [0.2, 0.25) is 5.02 Å². The fraction of sp³-hybridized carbons (Fsp3) is 0.412. The lowest BCUT2D eigenvalue weighted by molar-refractivity contribution is -0.0251. The number of rotatable bonds is 6. The van der Waals surface area contributed by atoms with E-state index in [1.54, 1.807) is 6.20 Å². The molecular weight excluding hydrogens is 330 g/mol. The largest absolute Gasteiger partial charge is 0.493 e. The van der Waals surface area contributed by atoms with Crippen LogP contribution in [0, 0.1) is 5.92 Å². The van der Waals surface area contributed by atoms with E-state index in [2.05, 4.69) is 15.5 Å². The Hall–Kier alpha value is -2.05. The molecule has 1 aromatic carbocycles. The number of H-pyrrole nitrogens is 1. The Morgan fingerprint density at radius 1 is 1.38 bits per heavy atom. The van der Waals surface area contributed by atoms with E-state index in [-0.39, 0.29) is 12.0 Å². The third kappa shape index (κ3) is 4.72. The van der Waals surface area contributed by atoms with Gasteiger partial charge in [-0.3, -0.25) is 9.89 Å². The summed E-state index contributed by atoms with van der Waals surface area (Å²) in [5.74, 6) is 1.04. The number of aromatic amines is 1. The van der Waals surface area contributed by atoms with Gasteiger partial charge in [0.2, 0.25) is 0 Å². The molecule has 0 spiro atoms. The average Bonchev–Trinajstić information content (AvgIpc) is 3.15. The van der Waals surface area contributed by atoms with Crippen molar-refractivity contribution in [3.63, 3.8) is 0 Å². The maximum absolute atomic E-state index is 11.8. The lowest BCUT2D eigenvalue weighted by Gasteiger charge is -2.29. The van der Waals surface area contributed by atoms with Gasteiger partial charge in [0.25, 0.3) is 5.91 Å². The zero-order valence-electron chi connectivity index (χ0n) is 13.2. The highest BCUT2D eigenvalue weighted by Gasteiger charge is 2.23. The van der Waals surface area contributed by atoms with Gasteiger partial charge in [0.15, 0.2) is 0 Å². The summed E-state index contributed by atoms with van der Waals surface area (Å²) in [4.78, 5) is 11.8. The molecule has 0 radical (unpaired) electrons. The predicted molar refractivity (Wildman–Crippen MR) is 90.3 cm³/mol. The number of nitrogens with zero attached hydrogens (tertiary/aromatic N) is 1. The molecule has 0 saturated carbocycles. The standard InChI is InChI=1S/C17H20ClN3O3/c18-14-2-5-15(6-3-14)23-10-12-1-4-16(24-11-12)9-19-17(22)13-7-20-21-8-13/h2-3,5-8,12,16H,1,4,9-11H2,(H,19,22)(H,20,21)/t12-,16+/m0/s1. The highest BCUT2D eigenvalue weighted by atomic mass is 35.5. The fourth-order valence-corrected chi connectivity index (χ4v) is 2.71. The minimum atomic E-state index is -0.138. The SMILES string of the molecule is O=C(NC[C@H]1CC[C@@H](COc2ccc(Cl)cc2)CO1)c1cn[nH]c1. The zero-order chi connectivity index (χ0) is 16.8. The molecule has 2 N–H and O–H groups in total. The normalized spacial score (nSPS) is 20.5. The van der Waals surface area contributed by atoms with Crippen LogP contribution < -0.4 is 10.1 Å². The number of aromatic nitrogens is 2. The van der Waals surface area contributed by atoms with Crippen LogP contribution in [0.25, 0.3) is 0 Å². The van der Waals surface area contributed by atoms with Gasteiger partial charge >= 0.3 is 0 Å². The first kappa shape index (κ1) is 16.8. The Morgan fingerprint density at radius 2 is 2.21 bits per heavy atom. The van der Waals surface area contributed by atoms with Crippen molar-refractivity contribution in [2.75, 3.05) is 19.8 Å². The molecule has 0 bridgehead atoms. The molecule has 1 aromatic heterocycles. The van der Waals surface area contributed by atoms with Gasteiger partial charge < -0.3 is 14.8 Å². The molecule has 2 atom stereocenters. The Kier molecular flexibility index (Phi) is 5.72. The van der Waals surface area contributed by atoms with Crippen molar-refractivity contribution in [1.29, 1.82) is 0 Å². The monoisotopic (exact) mass is 349 g/mol. The lowest BCUT2D eigenvalue weighted by atomic mass is 9.99. The molecule has 0 aliphatic carbocycles. The van der Waals surface area contributed by atoms with Gasteiger partial charge in [-0.15, -0.1) is 0 Å². The van der Waals surface area contributed by atoms with Crippen LogP contribution >= 0.6 is 11.6 Å². The van der Waals surface area contributed by atoms with Crippen LogP contribution in [-0.4, -0.2) is 42.0 Å². The van der Waals surface area contributed by atoms with Gasteiger partial charge in [0, 0.05) is 23.7 Å². The van der Waals surface area contributed by atoms with Crippen molar-refractivity contribution in [2.45, 2.75) is 18.9 Å². The maximum atomic E-state index is 11.8. The van der Waals surface area contributed by atoms with E-state index >= 15 is 0 Å². The summed E-state index contributed by atoms with van der Waals surface area (Å²) < 4.78 is 11.6. The van der Waals surface area contributed by atoms with E-state index in [4.69, 9.17) is 21.1 Å². The average molecular weight is 350 g/mol. The van der Waals surface area contributed by atoms with Crippen molar-refractivity contribution in [3.05, 3.63) is 47.2 Å². The number of nitrogens with one attached hydrogen (secondary N) is 2. The number of halogens is 1. The van der Waals surface area contributed by atoms with E-state index in [1.807, 2.05) is 24.3 Å². The van der Waals surface area contributed by atoms with Crippen LogP contribution in [0.15, 0.2) is 36.7 Å². The summed E-state index contributed by atoms with van der Waals surface area (Å²) in [6.45, 7) is 1.77. The van der Waals surface area contributed by atoms with Crippen LogP contribution in [0.3, 0.4) is 0 Å². The second-order valence-electron chi connectivity index (χ2n) is 5.86. The lowest BCUT2D eigenvalue weighted by Crippen LogP contribution is -2.38. The topological polar surface area (TPSA) is 76.2 Å². The second kappa shape index (κ2) is 8.17. The number of hydrogen-bond acceptors (Lipinski definition) is 4. The Balaban J connectivity index is 1.35. The quantitative estimate of drug-likeness (QED) is 0.840. The summed E-state index contributed by atoms with van der Waals surface area (Å²) in [6.07, 6.45) is 5.04. The summed E-state index contributed by atoms with van der Waals surface area (Å²) in [7, 11) is 0. The van der Waals surface area contributed by atoms with Gasteiger partial charge in [0.05, 0.1) is 31.1 Å².